The molecular formula is C19H16N2O3. The van der Waals surface area contributed by atoms with Gasteiger partial charge in [-0.25, -0.2) is 0 Å². The van der Waals surface area contributed by atoms with Crippen molar-refractivity contribution in [2.24, 2.45) is 0 Å². The van der Waals surface area contributed by atoms with Crippen molar-refractivity contribution >= 4 is 17.7 Å². The van der Waals surface area contributed by atoms with Crippen LogP contribution in [-0.4, -0.2) is 12.7 Å². The average Bonchev–Trinajstić information content (AvgIpc) is 3.01. The van der Waals surface area contributed by atoms with E-state index in [-0.39, 0.29) is 12.4 Å². The Morgan fingerprint density at radius 2 is 1.83 bits per heavy atom. The Balaban J connectivity index is 1.85. The summed E-state index contributed by atoms with van der Waals surface area (Å²) < 4.78 is 10.7. The van der Waals surface area contributed by atoms with Gasteiger partial charge in [-0.15, -0.1) is 0 Å². The number of benzene rings is 2. The molecule has 0 bridgehead atoms. The van der Waals surface area contributed by atoms with Crippen molar-refractivity contribution in [3.63, 3.8) is 0 Å². The van der Waals surface area contributed by atoms with E-state index in [9.17, 15) is 10.1 Å². The first-order chi connectivity index (χ1) is 11.6. The highest BCUT2D eigenvalue weighted by Gasteiger charge is 2.16. The summed E-state index contributed by atoms with van der Waals surface area (Å²) in [5, 5.41) is 12.1. The maximum absolute atomic E-state index is 12.3. The van der Waals surface area contributed by atoms with Crippen molar-refractivity contribution in [2.45, 2.75) is 13.8 Å². The van der Waals surface area contributed by atoms with Crippen LogP contribution in [0.5, 0.6) is 11.5 Å². The van der Waals surface area contributed by atoms with Crippen LogP contribution >= 0.6 is 0 Å². The van der Waals surface area contributed by atoms with Crippen molar-refractivity contribution in [1.82, 2.24) is 0 Å². The minimum atomic E-state index is -0.446. The fourth-order valence-electron chi connectivity index (χ4n) is 2.35. The number of nitriles is 1. The molecule has 5 nitrogen and oxygen atoms in total. The normalized spacial score (nSPS) is 12.6. The van der Waals surface area contributed by atoms with Crippen LogP contribution in [0, 0.1) is 25.2 Å². The second-order valence-corrected chi connectivity index (χ2v) is 5.55. The SMILES string of the molecule is Cc1ccc(NC(=O)/C(C#N)=C/c2cc3c(cc2C)OCO3)cc1. The Kier molecular flexibility index (Phi) is 4.21. The highest BCUT2D eigenvalue weighted by molar-refractivity contribution is 6.09. The van der Waals surface area contributed by atoms with Gasteiger partial charge in [-0.05, 0) is 55.3 Å². The van der Waals surface area contributed by atoms with Crippen LogP contribution in [0.3, 0.4) is 0 Å². The van der Waals surface area contributed by atoms with E-state index < -0.39 is 5.91 Å². The Morgan fingerprint density at radius 1 is 1.17 bits per heavy atom. The Hall–Kier alpha value is -3.26. The molecule has 1 amide bonds. The van der Waals surface area contributed by atoms with E-state index in [1.54, 1.807) is 24.3 Å². The Labute approximate surface area is 140 Å². The molecule has 0 aliphatic carbocycles. The number of nitrogens with one attached hydrogen (secondary N) is 1. The summed E-state index contributed by atoms with van der Waals surface area (Å²) in [6.07, 6.45) is 1.56. The average molecular weight is 320 g/mol. The molecular weight excluding hydrogens is 304 g/mol. The van der Waals surface area contributed by atoms with Gasteiger partial charge in [0.1, 0.15) is 11.6 Å². The number of aryl methyl sites for hydroxylation is 2. The third-order valence-corrected chi connectivity index (χ3v) is 3.74. The maximum atomic E-state index is 12.3. The van der Waals surface area contributed by atoms with E-state index in [0.717, 1.165) is 16.7 Å². The van der Waals surface area contributed by atoms with Crippen LogP contribution in [-0.2, 0) is 4.79 Å². The van der Waals surface area contributed by atoms with Crippen molar-refractivity contribution < 1.29 is 14.3 Å². The predicted octanol–water partition coefficient (Wildman–Crippen LogP) is 3.58. The highest BCUT2D eigenvalue weighted by atomic mass is 16.7. The van der Waals surface area contributed by atoms with Crippen LogP contribution in [0.4, 0.5) is 5.69 Å². The summed E-state index contributed by atoms with van der Waals surface area (Å²) in [6.45, 7) is 4.04. The van der Waals surface area contributed by atoms with E-state index in [2.05, 4.69) is 5.32 Å². The van der Waals surface area contributed by atoms with E-state index in [0.29, 0.717) is 17.2 Å². The molecule has 0 saturated heterocycles. The van der Waals surface area contributed by atoms with Gasteiger partial charge in [0.05, 0.1) is 0 Å². The number of nitrogens with zero attached hydrogens (tertiary/aromatic N) is 1. The van der Waals surface area contributed by atoms with Crippen LogP contribution in [0.15, 0.2) is 42.0 Å². The second kappa shape index (κ2) is 6.47. The third kappa shape index (κ3) is 3.23. The van der Waals surface area contributed by atoms with Gasteiger partial charge in [-0.3, -0.25) is 4.79 Å². The van der Waals surface area contributed by atoms with Gasteiger partial charge in [-0.2, -0.15) is 5.26 Å². The number of amides is 1. The summed E-state index contributed by atoms with van der Waals surface area (Å²) >= 11 is 0. The molecule has 1 N–H and O–H groups in total. The molecule has 0 atom stereocenters. The number of hydrogen-bond acceptors (Lipinski definition) is 4. The van der Waals surface area contributed by atoms with Gasteiger partial charge < -0.3 is 14.8 Å². The molecule has 0 aromatic heterocycles. The fourth-order valence-corrected chi connectivity index (χ4v) is 2.35. The lowest BCUT2D eigenvalue weighted by atomic mass is 10.0. The number of fused-ring (bicyclic) bond motifs is 1. The molecule has 3 rings (SSSR count). The summed E-state index contributed by atoms with van der Waals surface area (Å²) in [7, 11) is 0. The quantitative estimate of drug-likeness (QED) is 0.693. The molecule has 1 aliphatic rings. The zero-order valence-electron chi connectivity index (χ0n) is 13.4. The molecule has 0 saturated carbocycles. The lowest BCUT2D eigenvalue weighted by Gasteiger charge is -2.06. The predicted molar refractivity (Wildman–Crippen MR) is 90.7 cm³/mol. The summed E-state index contributed by atoms with van der Waals surface area (Å²) in [5.41, 5.74) is 3.41. The first-order valence-corrected chi connectivity index (χ1v) is 7.47. The first kappa shape index (κ1) is 15.6. The summed E-state index contributed by atoms with van der Waals surface area (Å²) in [4.78, 5) is 12.3. The maximum Gasteiger partial charge on any atom is 0.266 e. The second-order valence-electron chi connectivity index (χ2n) is 5.55. The molecule has 1 aliphatic heterocycles. The van der Waals surface area contributed by atoms with E-state index in [1.807, 2.05) is 38.1 Å². The lowest BCUT2D eigenvalue weighted by molar-refractivity contribution is -0.112. The smallest absolute Gasteiger partial charge is 0.266 e. The van der Waals surface area contributed by atoms with Crippen molar-refractivity contribution in [3.8, 4) is 17.6 Å². The molecule has 0 spiro atoms. The molecule has 5 heteroatoms. The van der Waals surface area contributed by atoms with Crippen molar-refractivity contribution in [1.29, 1.82) is 5.26 Å². The minimum Gasteiger partial charge on any atom is -0.454 e. The standard InChI is InChI=1S/C19H16N2O3/c1-12-3-5-16(6-4-12)21-19(22)15(10-20)8-14-9-18-17(7-13(14)2)23-11-24-18/h3-9H,11H2,1-2H3,(H,21,22)/b15-8+. The van der Waals surface area contributed by atoms with E-state index in [1.165, 1.54) is 0 Å². The third-order valence-electron chi connectivity index (χ3n) is 3.74. The van der Waals surface area contributed by atoms with Gasteiger partial charge in [0.15, 0.2) is 11.5 Å². The van der Waals surface area contributed by atoms with Crippen LogP contribution in [0.25, 0.3) is 6.08 Å². The molecule has 24 heavy (non-hydrogen) atoms. The molecule has 0 unspecified atom stereocenters. The van der Waals surface area contributed by atoms with Gasteiger partial charge in [0.2, 0.25) is 6.79 Å². The van der Waals surface area contributed by atoms with Crippen molar-refractivity contribution in [3.05, 3.63) is 58.7 Å². The monoisotopic (exact) mass is 320 g/mol. The van der Waals surface area contributed by atoms with E-state index in [4.69, 9.17) is 9.47 Å². The zero-order chi connectivity index (χ0) is 17.1. The Bertz CT molecular complexity index is 861. The number of carbonyl (C=O) groups excluding carboxylic acids is 1. The van der Waals surface area contributed by atoms with Gasteiger partial charge in [-0.1, -0.05) is 17.7 Å². The molecule has 120 valence electrons. The van der Waals surface area contributed by atoms with Crippen LogP contribution in [0.1, 0.15) is 16.7 Å². The summed E-state index contributed by atoms with van der Waals surface area (Å²) in [5.74, 6) is 0.841. The number of rotatable bonds is 3. The summed E-state index contributed by atoms with van der Waals surface area (Å²) in [6, 6.07) is 13.0. The fraction of sp³-hybridized carbons (Fsp3) is 0.158. The topological polar surface area (TPSA) is 71.4 Å². The van der Waals surface area contributed by atoms with Gasteiger partial charge in [0.25, 0.3) is 5.91 Å². The van der Waals surface area contributed by atoms with Crippen LogP contribution < -0.4 is 14.8 Å². The molecule has 0 radical (unpaired) electrons. The van der Waals surface area contributed by atoms with Crippen molar-refractivity contribution in [2.75, 3.05) is 12.1 Å². The number of ether oxygens (including phenoxy) is 2. The Morgan fingerprint density at radius 3 is 2.50 bits per heavy atom. The van der Waals surface area contributed by atoms with E-state index >= 15 is 0 Å². The minimum absolute atomic E-state index is 0.0255. The molecule has 1 heterocycles. The number of anilines is 1. The number of hydrogen-bond donors (Lipinski definition) is 1. The zero-order valence-corrected chi connectivity index (χ0v) is 13.4. The highest BCUT2D eigenvalue weighted by Crippen LogP contribution is 2.35. The molecule has 2 aromatic carbocycles. The van der Waals surface area contributed by atoms with Gasteiger partial charge in [0, 0.05) is 5.69 Å². The lowest BCUT2D eigenvalue weighted by Crippen LogP contribution is -2.13. The van der Waals surface area contributed by atoms with Gasteiger partial charge >= 0.3 is 0 Å². The number of carbonyl (C=O) groups is 1. The van der Waals surface area contributed by atoms with Crippen LogP contribution in [0.2, 0.25) is 0 Å². The molecule has 2 aromatic rings. The molecule has 0 fully saturated rings. The largest absolute Gasteiger partial charge is 0.454 e. The first-order valence-electron chi connectivity index (χ1n) is 7.47.